The Bertz CT molecular complexity index is 938. The Kier molecular flexibility index (Phi) is 5.68. The van der Waals surface area contributed by atoms with Crippen LogP contribution in [0, 0.1) is 11.6 Å². The largest absolute Gasteiger partial charge is 0.497 e. The number of halogens is 2. The zero-order chi connectivity index (χ0) is 18.5. The van der Waals surface area contributed by atoms with Gasteiger partial charge < -0.3 is 9.72 Å². The van der Waals surface area contributed by atoms with Gasteiger partial charge in [0.2, 0.25) is 0 Å². The van der Waals surface area contributed by atoms with Gasteiger partial charge >= 0.3 is 0 Å². The Morgan fingerprint density at radius 3 is 2.38 bits per heavy atom. The first-order valence-electron chi connectivity index (χ1n) is 7.83. The predicted molar refractivity (Wildman–Crippen MR) is 96.6 cm³/mol. The summed E-state index contributed by atoms with van der Waals surface area (Å²) < 4.78 is 31.7. The molecule has 0 aliphatic carbocycles. The molecule has 1 N–H and O–H groups in total. The quantitative estimate of drug-likeness (QED) is 0.525. The normalized spacial score (nSPS) is 10.7. The molecule has 0 amide bonds. The number of H-pyrrole nitrogens is 1. The minimum absolute atomic E-state index is 0.175. The highest BCUT2D eigenvalue weighted by molar-refractivity contribution is 7.98. The number of benzene rings is 2. The Morgan fingerprint density at radius 2 is 1.73 bits per heavy atom. The molecule has 1 aromatic heterocycles. The Hall–Kier alpha value is -2.67. The van der Waals surface area contributed by atoms with Crippen LogP contribution in [0.4, 0.5) is 8.78 Å². The fourth-order valence-corrected chi connectivity index (χ4v) is 3.29. The summed E-state index contributed by atoms with van der Waals surface area (Å²) in [5.41, 5.74) is 1.63. The molecule has 0 aliphatic rings. The highest BCUT2D eigenvalue weighted by Crippen LogP contribution is 2.21. The van der Waals surface area contributed by atoms with Gasteiger partial charge in [0.05, 0.1) is 12.8 Å². The number of methoxy groups -OCH3 is 1. The third kappa shape index (κ3) is 4.92. The monoisotopic (exact) mass is 374 g/mol. The van der Waals surface area contributed by atoms with Gasteiger partial charge in [-0.1, -0.05) is 23.9 Å². The molecule has 0 spiro atoms. The number of ether oxygens (including phenoxy) is 1. The molecular formula is C19H16F2N2O2S. The molecule has 7 heteroatoms. The number of nitrogens with zero attached hydrogens (tertiary/aromatic N) is 1. The number of hydrogen-bond acceptors (Lipinski definition) is 4. The third-order valence-corrected chi connectivity index (χ3v) is 4.56. The molecule has 3 rings (SSSR count). The maximum Gasteiger partial charge on any atom is 0.251 e. The molecular weight excluding hydrogens is 358 g/mol. The highest BCUT2D eigenvalue weighted by Gasteiger charge is 2.07. The van der Waals surface area contributed by atoms with E-state index in [0.717, 1.165) is 17.4 Å². The van der Waals surface area contributed by atoms with Crippen molar-refractivity contribution in [3.63, 3.8) is 0 Å². The number of aromatic nitrogens is 2. The second kappa shape index (κ2) is 8.14. The standard InChI is InChI=1S/C19H16F2N2O2S/c1-25-17-4-2-12(3-5-17)11-26-19-22-16(10-18(24)23-19)8-13-6-14(20)9-15(21)7-13/h2-7,9-10H,8,11H2,1H3,(H,22,23,24). The minimum atomic E-state index is -0.654. The molecule has 1 heterocycles. The van der Waals surface area contributed by atoms with Gasteiger partial charge in [-0.3, -0.25) is 4.79 Å². The molecule has 0 unspecified atom stereocenters. The van der Waals surface area contributed by atoms with Gasteiger partial charge in [-0.05, 0) is 35.4 Å². The molecule has 0 saturated heterocycles. The van der Waals surface area contributed by atoms with Crippen LogP contribution in [-0.2, 0) is 12.2 Å². The van der Waals surface area contributed by atoms with E-state index in [1.54, 1.807) is 7.11 Å². The van der Waals surface area contributed by atoms with E-state index in [1.165, 1.54) is 30.0 Å². The summed E-state index contributed by atoms with van der Waals surface area (Å²) in [5, 5.41) is 0.459. The SMILES string of the molecule is COc1ccc(CSc2nc(Cc3cc(F)cc(F)c3)cc(=O)[nH]2)cc1. The summed E-state index contributed by atoms with van der Waals surface area (Å²) >= 11 is 1.38. The summed E-state index contributed by atoms with van der Waals surface area (Å²) in [4.78, 5) is 18.9. The van der Waals surface area contributed by atoms with Crippen LogP contribution >= 0.6 is 11.8 Å². The maximum atomic E-state index is 13.3. The van der Waals surface area contributed by atoms with Crippen molar-refractivity contribution in [2.45, 2.75) is 17.3 Å². The van der Waals surface area contributed by atoms with E-state index in [1.807, 2.05) is 24.3 Å². The van der Waals surface area contributed by atoms with Gasteiger partial charge in [0.15, 0.2) is 5.16 Å². The van der Waals surface area contributed by atoms with E-state index in [2.05, 4.69) is 9.97 Å². The van der Waals surface area contributed by atoms with E-state index in [-0.39, 0.29) is 12.0 Å². The first-order valence-corrected chi connectivity index (χ1v) is 8.81. The lowest BCUT2D eigenvalue weighted by Crippen LogP contribution is -2.10. The van der Waals surface area contributed by atoms with Crippen LogP contribution in [0.3, 0.4) is 0 Å². The van der Waals surface area contributed by atoms with Crippen molar-refractivity contribution in [2.75, 3.05) is 7.11 Å². The molecule has 134 valence electrons. The van der Waals surface area contributed by atoms with E-state index in [0.29, 0.717) is 22.2 Å². The van der Waals surface area contributed by atoms with Crippen molar-refractivity contribution in [3.8, 4) is 5.75 Å². The molecule has 0 bridgehead atoms. The molecule has 0 saturated carbocycles. The van der Waals surface area contributed by atoms with Crippen molar-refractivity contribution in [1.29, 1.82) is 0 Å². The van der Waals surface area contributed by atoms with Crippen molar-refractivity contribution in [3.05, 3.63) is 87.3 Å². The lowest BCUT2D eigenvalue weighted by molar-refractivity contribution is 0.414. The first-order chi connectivity index (χ1) is 12.5. The zero-order valence-corrected chi connectivity index (χ0v) is 14.8. The summed E-state index contributed by atoms with van der Waals surface area (Å²) in [6, 6.07) is 12.2. The number of aromatic amines is 1. The topological polar surface area (TPSA) is 55.0 Å². The van der Waals surface area contributed by atoms with Crippen LogP contribution < -0.4 is 10.3 Å². The van der Waals surface area contributed by atoms with Crippen molar-refractivity contribution >= 4 is 11.8 Å². The zero-order valence-electron chi connectivity index (χ0n) is 14.0. The third-order valence-electron chi connectivity index (χ3n) is 3.62. The highest BCUT2D eigenvalue weighted by atomic mass is 32.2. The van der Waals surface area contributed by atoms with E-state index < -0.39 is 11.6 Å². The van der Waals surface area contributed by atoms with Crippen LogP contribution in [0.5, 0.6) is 5.75 Å². The smallest absolute Gasteiger partial charge is 0.251 e. The minimum Gasteiger partial charge on any atom is -0.497 e. The Labute approximate surface area is 153 Å². The molecule has 2 aromatic carbocycles. The van der Waals surface area contributed by atoms with Crippen LogP contribution in [0.15, 0.2) is 58.5 Å². The lowest BCUT2D eigenvalue weighted by atomic mass is 10.1. The van der Waals surface area contributed by atoms with Gasteiger partial charge in [-0.25, -0.2) is 13.8 Å². The molecule has 4 nitrogen and oxygen atoms in total. The van der Waals surface area contributed by atoms with Crippen LogP contribution in [0.2, 0.25) is 0 Å². The summed E-state index contributed by atoms with van der Waals surface area (Å²) in [6.07, 6.45) is 0.175. The molecule has 0 aliphatic heterocycles. The summed E-state index contributed by atoms with van der Waals surface area (Å²) in [5.74, 6) is 0.0813. The number of hydrogen-bond donors (Lipinski definition) is 1. The van der Waals surface area contributed by atoms with Gasteiger partial charge in [0, 0.05) is 24.3 Å². The molecule has 0 atom stereocenters. The fraction of sp³-hybridized carbons (Fsp3) is 0.158. The number of rotatable bonds is 6. The first kappa shape index (κ1) is 18.1. The number of nitrogens with one attached hydrogen (secondary N) is 1. The summed E-state index contributed by atoms with van der Waals surface area (Å²) in [7, 11) is 1.61. The molecule has 3 aromatic rings. The van der Waals surface area contributed by atoms with Gasteiger partial charge in [-0.15, -0.1) is 0 Å². The molecule has 0 radical (unpaired) electrons. The second-order valence-electron chi connectivity index (χ2n) is 5.63. The van der Waals surface area contributed by atoms with Gasteiger partial charge in [0.25, 0.3) is 5.56 Å². The van der Waals surface area contributed by atoms with Crippen LogP contribution in [0.1, 0.15) is 16.8 Å². The van der Waals surface area contributed by atoms with Crippen molar-refractivity contribution in [1.82, 2.24) is 9.97 Å². The average Bonchev–Trinajstić information content (AvgIpc) is 2.59. The van der Waals surface area contributed by atoms with Crippen molar-refractivity contribution < 1.29 is 13.5 Å². The Morgan fingerprint density at radius 1 is 1.04 bits per heavy atom. The predicted octanol–water partition coefficient (Wildman–Crippen LogP) is 3.94. The van der Waals surface area contributed by atoms with E-state index >= 15 is 0 Å². The Balaban J connectivity index is 1.73. The van der Waals surface area contributed by atoms with Gasteiger partial charge in [0.1, 0.15) is 17.4 Å². The lowest BCUT2D eigenvalue weighted by Gasteiger charge is -2.06. The van der Waals surface area contributed by atoms with Crippen molar-refractivity contribution in [2.24, 2.45) is 0 Å². The maximum absolute atomic E-state index is 13.3. The van der Waals surface area contributed by atoms with Crippen LogP contribution in [-0.4, -0.2) is 17.1 Å². The average molecular weight is 374 g/mol. The summed E-state index contributed by atoms with van der Waals surface area (Å²) in [6.45, 7) is 0. The van der Waals surface area contributed by atoms with E-state index in [4.69, 9.17) is 4.74 Å². The molecule has 26 heavy (non-hydrogen) atoms. The second-order valence-corrected chi connectivity index (χ2v) is 6.60. The number of thioether (sulfide) groups is 1. The van der Waals surface area contributed by atoms with Crippen LogP contribution in [0.25, 0.3) is 0 Å². The van der Waals surface area contributed by atoms with E-state index in [9.17, 15) is 13.6 Å². The fourth-order valence-electron chi connectivity index (χ4n) is 2.44. The van der Waals surface area contributed by atoms with Gasteiger partial charge in [-0.2, -0.15) is 0 Å². The molecule has 0 fully saturated rings.